The highest BCUT2D eigenvalue weighted by Gasteiger charge is 2.22. The maximum atomic E-state index is 14.2. The monoisotopic (exact) mass is 519 g/mol. The number of halogens is 1. The zero-order valence-corrected chi connectivity index (χ0v) is 21.1. The third-order valence-electron chi connectivity index (χ3n) is 5.19. The number of aromatic hydroxyl groups is 1. The minimum atomic E-state index is -4.27. The standard InChI is InChI=1S/C25H26FNO8S/c1-31-20-11-9-17(14-18(20)26)36(29,30)27-23-16(8-10-19(28)24(23)34-4)7-6-15-12-21(32-2)25(35-5)22(13-15)33-3/h6-14,27-28H,1-5H3/b7-6-. The molecule has 0 aromatic heterocycles. The number of hydrogen-bond donors (Lipinski definition) is 2. The van der Waals surface area contributed by atoms with E-state index in [1.165, 1.54) is 59.8 Å². The van der Waals surface area contributed by atoms with Gasteiger partial charge in [0, 0.05) is 5.56 Å². The average Bonchev–Trinajstić information content (AvgIpc) is 2.87. The van der Waals surface area contributed by atoms with Crippen LogP contribution in [0.5, 0.6) is 34.5 Å². The second-order valence-electron chi connectivity index (χ2n) is 7.28. The number of methoxy groups -OCH3 is 5. The molecule has 11 heteroatoms. The predicted molar refractivity (Wildman–Crippen MR) is 133 cm³/mol. The summed E-state index contributed by atoms with van der Waals surface area (Å²) in [5, 5.41) is 10.3. The first-order valence-corrected chi connectivity index (χ1v) is 11.9. The van der Waals surface area contributed by atoms with E-state index in [9.17, 15) is 17.9 Å². The summed E-state index contributed by atoms with van der Waals surface area (Å²) in [7, 11) is 2.76. The van der Waals surface area contributed by atoms with Gasteiger partial charge in [0.15, 0.2) is 34.6 Å². The Morgan fingerprint density at radius 3 is 1.92 bits per heavy atom. The van der Waals surface area contributed by atoms with Gasteiger partial charge in [0.1, 0.15) is 5.69 Å². The Morgan fingerprint density at radius 1 is 0.778 bits per heavy atom. The van der Waals surface area contributed by atoms with Gasteiger partial charge in [-0.25, -0.2) is 12.8 Å². The molecule has 0 aliphatic carbocycles. The highest BCUT2D eigenvalue weighted by atomic mass is 32.2. The van der Waals surface area contributed by atoms with Crippen molar-refractivity contribution in [2.45, 2.75) is 4.90 Å². The summed E-state index contributed by atoms with van der Waals surface area (Å²) in [4.78, 5) is -0.342. The molecule has 3 aromatic rings. The van der Waals surface area contributed by atoms with Crippen molar-refractivity contribution in [2.75, 3.05) is 40.3 Å². The SMILES string of the molecule is COc1ccc(S(=O)(=O)Nc2c(/C=C\c3cc(OC)c(OC)c(OC)c3)ccc(O)c2OC)cc1F. The molecule has 36 heavy (non-hydrogen) atoms. The molecule has 0 radical (unpaired) electrons. The van der Waals surface area contributed by atoms with E-state index in [-0.39, 0.29) is 27.8 Å². The van der Waals surface area contributed by atoms with E-state index in [1.807, 2.05) is 0 Å². The molecule has 0 saturated carbocycles. The number of ether oxygens (including phenoxy) is 5. The van der Waals surface area contributed by atoms with Gasteiger partial charge in [-0.15, -0.1) is 0 Å². The molecule has 0 bridgehead atoms. The third-order valence-corrected chi connectivity index (χ3v) is 6.53. The highest BCUT2D eigenvalue weighted by Crippen LogP contribution is 2.41. The molecule has 2 N–H and O–H groups in total. The normalized spacial score (nSPS) is 11.3. The van der Waals surface area contributed by atoms with Crippen molar-refractivity contribution in [3.63, 3.8) is 0 Å². The molecule has 9 nitrogen and oxygen atoms in total. The Hall–Kier alpha value is -4.12. The van der Waals surface area contributed by atoms with E-state index < -0.39 is 15.8 Å². The number of anilines is 1. The van der Waals surface area contributed by atoms with Crippen molar-refractivity contribution in [3.05, 3.63) is 59.4 Å². The lowest BCUT2D eigenvalue weighted by atomic mass is 10.1. The fraction of sp³-hybridized carbons (Fsp3) is 0.200. The second kappa shape index (κ2) is 11.1. The molecule has 192 valence electrons. The largest absolute Gasteiger partial charge is 0.504 e. The second-order valence-corrected chi connectivity index (χ2v) is 8.96. The number of benzene rings is 3. The van der Waals surface area contributed by atoms with Gasteiger partial charge in [-0.1, -0.05) is 12.2 Å². The van der Waals surface area contributed by atoms with Gasteiger partial charge in [-0.05, 0) is 48.0 Å². The van der Waals surface area contributed by atoms with Crippen LogP contribution in [0.4, 0.5) is 10.1 Å². The molecule has 0 heterocycles. The summed E-state index contributed by atoms with van der Waals surface area (Å²) in [6, 6.07) is 9.51. The lowest BCUT2D eigenvalue weighted by molar-refractivity contribution is 0.324. The summed E-state index contributed by atoms with van der Waals surface area (Å²) in [6.45, 7) is 0. The Bertz CT molecular complexity index is 1360. The topological polar surface area (TPSA) is 113 Å². The van der Waals surface area contributed by atoms with Crippen LogP contribution in [0.15, 0.2) is 47.4 Å². The molecular formula is C25H26FNO8S. The number of nitrogens with one attached hydrogen (secondary N) is 1. The van der Waals surface area contributed by atoms with Crippen LogP contribution < -0.4 is 28.4 Å². The fourth-order valence-corrected chi connectivity index (χ4v) is 4.53. The Kier molecular flexibility index (Phi) is 8.15. The summed E-state index contributed by atoms with van der Waals surface area (Å²) in [5.41, 5.74) is 0.968. The van der Waals surface area contributed by atoms with Gasteiger partial charge in [0.2, 0.25) is 5.75 Å². The summed E-state index contributed by atoms with van der Waals surface area (Å²) >= 11 is 0. The quantitative estimate of drug-likeness (QED) is 0.376. The van der Waals surface area contributed by atoms with Crippen molar-refractivity contribution in [1.82, 2.24) is 0 Å². The number of sulfonamides is 1. The van der Waals surface area contributed by atoms with Crippen LogP contribution in [0.25, 0.3) is 12.2 Å². The summed E-state index contributed by atoms with van der Waals surface area (Å²) < 4.78 is 68.9. The first-order valence-electron chi connectivity index (χ1n) is 10.4. The van der Waals surface area contributed by atoms with E-state index >= 15 is 0 Å². The summed E-state index contributed by atoms with van der Waals surface area (Å²) in [6.07, 6.45) is 3.29. The number of phenolic OH excluding ortho intramolecular Hbond substituents is 1. The van der Waals surface area contributed by atoms with Crippen LogP contribution in [0.2, 0.25) is 0 Å². The van der Waals surface area contributed by atoms with Crippen LogP contribution >= 0.6 is 0 Å². The maximum absolute atomic E-state index is 14.2. The minimum absolute atomic E-state index is 0.0441. The minimum Gasteiger partial charge on any atom is -0.504 e. The van der Waals surface area contributed by atoms with Gasteiger partial charge in [-0.3, -0.25) is 4.72 Å². The predicted octanol–water partition coefficient (Wildman–Crippen LogP) is 4.55. The maximum Gasteiger partial charge on any atom is 0.262 e. The third kappa shape index (κ3) is 5.41. The average molecular weight is 520 g/mol. The van der Waals surface area contributed by atoms with E-state index in [4.69, 9.17) is 23.7 Å². The number of hydrogen-bond acceptors (Lipinski definition) is 8. The number of phenols is 1. The van der Waals surface area contributed by atoms with E-state index in [0.717, 1.165) is 6.07 Å². The molecule has 0 spiro atoms. The molecular weight excluding hydrogens is 493 g/mol. The smallest absolute Gasteiger partial charge is 0.262 e. The molecule has 3 aromatic carbocycles. The molecule has 0 unspecified atom stereocenters. The molecule has 0 aliphatic rings. The number of rotatable bonds is 10. The van der Waals surface area contributed by atoms with Crippen molar-refractivity contribution >= 4 is 27.9 Å². The van der Waals surface area contributed by atoms with E-state index in [2.05, 4.69) is 4.72 Å². The van der Waals surface area contributed by atoms with Crippen LogP contribution in [0.3, 0.4) is 0 Å². The van der Waals surface area contributed by atoms with Gasteiger partial charge in [0.25, 0.3) is 10.0 Å². The molecule has 0 amide bonds. The van der Waals surface area contributed by atoms with Crippen molar-refractivity contribution in [1.29, 1.82) is 0 Å². The van der Waals surface area contributed by atoms with Crippen LogP contribution in [-0.4, -0.2) is 49.1 Å². The fourth-order valence-electron chi connectivity index (χ4n) is 3.43. The molecule has 3 rings (SSSR count). The lowest BCUT2D eigenvalue weighted by Gasteiger charge is -2.16. The lowest BCUT2D eigenvalue weighted by Crippen LogP contribution is -2.15. The molecule has 0 atom stereocenters. The van der Waals surface area contributed by atoms with Gasteiger partial charge >= 0.3 is 0 Å². The van der Waals surface area contributed by atoms with Gasteiger partial charge in [0.05, 0.1) is 40.4 Å². The highest BCUT2D eigenvalue weighted by molar-refractivity contribution is 7.92. The molecule has 0 fully saturated rings. The summed E-state index contributed by atoms with van der Waals surface area (Å²) in [5.74, 6) is -0.0580. The Labute approximate surface area is 208 Å². The van der Waals surface area contributed by atoms with Crippen molar-refractivity contribution in [2.24, 2.45) is 0 Å². The first-order chi connectivity index (χ1) is 17.2. The first kappa shape index (κ1) is 26.5. The van der Waals surface area contributed by atoms with Crippen LogP contribution in [-0.2, 0) is 10.0 Å². The molecule has 0 aliphatic heterocycles. The van der Waals surface area contributed by atoms with Crippen LogP contribution in [0, 0.1) is 5.82 Å². The molecule has 0 saturated heterocycles. The van der Waals surface area contributed by atoms with E-state index in [0.29, 0.717) is 28.4 Å². The van der Waals surface area contributed by atoms with Gasteiger partial charge < -0.3 is 28.8 Å². The van der Waals surface area contributed by atoms with Crippen LogP contribution in [0.1, 0.15) is 11.1 Å². The van der Waals surface area contributed by atoms with E-state index in [1.54, 1.807) is 24.3 Å². The zero-order chi connectivity index (χ0) is 26.5. The van der Waals surface area contributed by atoms with Crippen molar-refractivity contribution < 1.29 is 41.6 Å². The van der Waals surface area contributed by atoms with Gasteiger partial charge in [-0.2, -0.15) is 0 Å². The van der Waals surface area contributed by atoms with Crippen molar-refractivity contribution in [3.8, 4) is 34.5 Å². The zero-order valence-electron chi connectivity index (χ0n) is 20.3. The Morgan fingerprint density at radius 2 is 1.39 bits per heavy atom. The Balaban J connectivity index is 2.07.